The van der Waals surface area contributed by atoms with Crippen molar-refractivity contribution in [1.82, 2.24) is 15.1 Å². The first-order valence-electron chi connectivity index (χ1n) is 8.25. The fourth-order valence-electron chi connectivity index (χ4n) is 3.11. The molecule has 1 aromatic rings. The molecular weight excluding hydrogens is 313 g/mol. The Bertz CT molecular complexity index is 600. The van der Waals surface area contributed by atoms with Gasteiger partial charge in [0.15, 0.2) is 0 Å². The number of carbonyl (C=O) groups is 2. The van der Waals surface area contributed by atoms with E-state index in [4.69, 9.17) is 4.74 Å². The molecule has 130 valence electrons. The van der Waals surface area contributed by atoms with Crippen LogP contribution in [0.15, 0.2) is 24.3 Å². The number of nitrogens with zero attached hydrogens (tertiary/aromatic N) is 2. The molecule has 24 heavy (non-hydrogen) atoms. The van der Waals surface area contributed by atoms with Gasteiger partial charge < -0.3 is 19.9 Å². The molecule has 7 heteroatoms. The summed E-state index contributed by atoms with van der Waals surface area (Å²) in [7, 11) is 0. The van der Waals surface area contributed by atoms with Crippen LogP contribution in [-0.4, -0.2) is 73.1 Å². The van der Waals surface area contributed by atoms with Crippen molar-refractivity contribution in [1.29, 1.82) is 0 Å². The lowest BCUT2D eigenvalue weighted by Gasteiger charge is -2.38. The van der Waals surface area contributed by atoms with Crippen LogP contribution in [0.4, 0.5) is 4.39 Å². The molecule has 0 unspecified atom stereocenters. The molecular formula is C17H22FN3O3. The fraction of sp³-hybridized carbons (Fsp3) is 0.529. The molecule has 2 fully saturated rings. The lowest BCUT2D eigenvalue weighted by Crippen LogP contribution is -2.60. The highest BCUT2D eigenvalue weighted by Gasteiger charge is 2.33. The Kier molecular flexibility index (Phi) is 5.11. The van der Waals surface area contributed by atoms with E-state index < -0.39 is 0 Å². The third-order valence-corrected chi connectivity index (χ3v) is 4.55. The van der Waals surface area contributed by atoms with Gasteiger partial charge in [0.05, 0.1) is 12.7 Å². The van der Waals surface area contributed by atoms with Gasteiger partial charge in [-0.1, -0.05) is 0 Å². The summed E-state index contributed by atoms with van der Waals surface area (Å²) < 4.78 is 18.5. The highest BCUT2D eigenvalue weighted by Crippen LogP contribution is 2.13. The van der Waals surface area contributed by atoms with E-state index in [0.717, 1.165) is 0 Å². The van der Waals surface area contributed by atoms with E-state index in [0.29, 0.717) is 44.9 Å². The second-order valence-electron chi connectivity index (χ2n) is 6.13. The van der Waals surface area contributed by atoms with Gasteiger partial charge in [0, 0.05) is 38.3 Å². The summed E-state index contributed by atoms with van der Waals surface area (Å²) in [5, 5.41) is 3.20. The number of morpholine rings is 1. The lowest BCUT2D eigenvalue weighted by molar-refractivity contribution is -0.140. The number of carbonyl (C=O) groups excluding carboxylic acids is 2. The van der Waals surface area contributed by atoms with Gasteiger partial charge in [0.2, 0.25) is 5.91 Å². The Morgan fingerprint density at radius 2 is 1.75 bits per heavy atom. The monoisotopic (exact) mass is 335 g/mol. The first-order valence-corrected chi connectivity index (χ1v) is 8.25. The van der Waals surface area contributed by atoms with Crippen LogP contribution >= 0.6 is 0 Å². The first kappa shape index (κ1) is 16.9. The average Bonchev–Trinajstić information content (AvgIpc) is 2.62. The van der Waals surface area contributed by atoms with Crippen LogP contribution in [0.3, 0.4) is 0 Å². The van der Waals surface area contributed by atoms with Gasteiger partial charge in [-0.25, -0.2) is 4.39 Å². The van der Waals surface area contributed by atoms with Crippen molar-refractivity contribution < 1.29 is 18.7 Å². The quantitative estimate of drug-likeness (QED) is 0.854. The van der Waals surface area contributed by atoms with Gasteiger partial charge in [-0.05, 0) is 31.2 Å². The molecule has 1 aromatic carbocycles. The van der Waals surface area contributed by atoms with Crippen LogP contribution < -0.4 is 5.32 Å². The Labute approximate surface area is 140 Å². The zero-order valence-corrected chi connectivity index (χ0v) is 13.7. The van der Waals surface area contributed by atoms with E-state index in [2.05, 4.69) is 5.32 Å². The Morgan fingerprint density at radius 1 is 1.12 bits per heavy atom. The van der Waals surface area contributed by atoms with Crippen LogP contribution in [-0.2, 0) is 9.53 Å². The van der Waals surface area contributed by atoms with E-state index in [9.17, 15) is 14.0 Å². The zero-order valence-electron chi connectivity index (χ0n) is 13.7. The minimum Gasteiger partial charge on any atom is -0.375 e. The van der Waals surface area contributed by atoms with Gasteiger partial charge in [0.25, 0.3) is 5.91 Å². The molecule has 6 nitrogen and oxygen atoms in total. The molecule has 1 N–H and O–H groups in total. The Hall–Kier alpha value is -1.99. The van der Waals surface area contributed by atoms with E-state index >= 15 is 0 Å². The van der Waals surface area contributed by atoms with Crippen molar-refractivity contribution in [2.75, 3.05) is 39.3 Å². The van der Waals surface area contributed by atoms with Crippen molar-refractivity contribution in [2.45, 2.75) is 19.1 Å². The van der Waals surface area contributed by atoms with Gasteiger partial charge in [0.1, 0.15) is 11.9 Å². The predicted octanol–water partition coefficient (Wildman–Crippen LogP) is 0.487. The summed E-state index contributed by atoms with van der Waals surface area (Å²) in [6, 6.07) is 5.21. The van der Waals surface area contributed by atoms with Crippen LogP contribution in [0.25, 0.3) is 0 Å². The van der Waals surface area contributed by atoms with Crippen molar-refractivity contribution >= 4 is 11.8 Å². The number of hydrogen-bond donors (Lipinski definition) is 1. The van der Waals surface area contributed by atoms with Gasteiger partial charge in [-0.15, -0.1) is 0 Å². The SMILES string of the molecule is C[C@H]1OCCN[C@@H]1C(=O)N1CCN(C(=O)c2ccc(F)cc2)CC1. The van der Waals surface area contributed by atoms with Crippen molar-refractivity contribution in [3.05, 3.63) is 35.6 Å². The van der Waals surface area contributed by atoms with Crippen molar-refractivity contribution in [2.24, 2.45) is 0 Å². The van der Waals surface area contributed by atoms with E-state index in [1.54, 1.807) is 9.80 Å². The van der Waals surface area contributed by atoms with Crippen LogP contribution in [0.1, 0.15) is 17.3 Å². The number of amides is 2. The van der Waals surface area contributed by atoms with Crippen molar-refractivity contribution in [3.8, 4) is 0 Å². The van der Waals surface area contributed by atoms with Crippen LogP contribution in [0, 0.1) is 5.82 Å². The summed E-state index contributed by atoms with van der Waals surface area (Å²) >= 11 is 0. The molecule has 2 aliphatic rings. The maximum atomic E-state index is 13.0. The van der Waals surface area contributed by atoms with Crippen molar-refractivity contribution in [3.63, 3.8) is 0 Å². The predicted molar refractivity (Wildman–Crippen MR) is 86.1 cm³/mol. The number of piperazine rings is 1. The fourth-order valence-corrected chi connectivity index (χ4v) is 3.11. The van der Waals surface area contributed by atoms with E-state index in [1.165, 1.54) is 24.3 Å². The van der Waals surface area contributed by atoms with Crippen LogP contribution in [0.2, 0.25) is 0 Å². The van der Waals surface area contributed by atoms with Gasteiger partial charge >= 0.3 is 0 Å². The topological polar surface area (TPSA) is 61.9 Å². The largest absolute Gasteiger partial charge is 0.375 e. The summed E-state index contributed by atoms with van der Waals surface area (Å²) in [4.78, 5) is 28.5. The number of ether oxygens (including phenoxy) is 1. The molecule has 0 aliphatic carbocycles. The van der Waals surface area contributed by atoms with Crippen LogP contribution in [0.5, 0.6) is 0 Å². The molecule has 2 heterocycles. The van der Waals surface area contributed by atoms with E-state index in [-0.39, 0.29) is 29.8 Å². The van der Waals surface area contributed by atoms with Gasteiger partial charge in [-0.3, -0.25) is 9.59 Å². The molecule has 2 atom stereocenters. The summed E-state index contributed by atoms with van der Waals surface area (Å²) in [6.07, 6.45) is -0.148. The second-order valence-corrected chi connectivity index (χ2v) is 6.13. The summed E-state index contributed by atoms with van der Waals surface area (Å²) in [6.45, 7) is 5.12. The number of nitrogens with one attached hydrogen (secondary N) is 1. The first-order chi connectivity index (χ1) is 11.6. The number of benzene rings is 1. The third kappa shape index (κ3) is 3.57. The Balaban J connectivity index is 1.56. The summed E-state index contributed by atoms with van der Waals surface area (Å²) in [5.41, 5.74) is 0.465. The molecule has 0 spiro atoms. The summed E-state index contributed by atoms with van der Waals surface area (Å²) in [5.74, 6) is -0.469. The normalized spacial score (nSPS) is 24.8. The van der Waals surface area contributed by atoms with E-state index in [1.807, 2.05) is 6.92 Å². The smallest absolute Gasteiger partial charge is 0.253 e. The number of rotatable bonds is 2. The molecule has 2 aliphatic heterocycles. The maximum Gasteiger partial charge on any atom is 0.253 e. The molecule has 2 saturated heterocycles. The molecule has 3 rings (SSSR count). The highest BCUT2D eigenvalue weighted by molar-refractivity contribution is 5.94. The molecule has 0 bridgehead atoms. The number of hydrogen-bond acceptors (Lipinski definition) is 4. The maximum absolute atomic E-state index is 13.0. The molecule has 2 amide bonds. The van der Waals surface area contributed by atoms with Gasteiger partial charge in [-0.2, -0.15) is 0 Å². The minimum absolute atomic E-state index is 0.0241. The number of halogens is 1. The Morgan fingerprint density at radius 3 is 2.38 bits per heavy atom. The third-order valence-electron chi connectivity index (χ3n) is 4.55. The standard InChI is InChI=1S/C17H22FN3O3/c1-12-15(19-6-11-24-12)17(23)21-9-7-20(8-10-21)16(22)13-2-4-14(18)5-3-13/h2-5,12,15,19H,6-11H2,1H3/t12-,15+/m1/s1. The molecule has 0 radical (unpaired) electrons. The molecule has 0 aromatic heterocycles. The second kappa shape index (κ2) is 7.27. The molecule has 0 saturated carbocycles. The lowest BCUT2D eigenvalue weighted by atomic mass is 10.1. The highest BCUT2D eigenvalue weighted by atomic mass is 19.1. The average molecular weight is 335 g/mol. The zero-order chi connectivity index (χ0) is 17.1. The minimum atomic E-state index is -0.363.